The van der Waals surface area contributed by atoms with E-state index < -0.39 is 0 Å². The van der Waals surface area contributed by atoms with Gasteiger partial charge >= 0.3 is 0 Å². The van der Waals surface area contributed by atoms with Gasteiger partial charge in [-0.15, -0.1) is 0 Å². The first-order valence-electron chi connectivity index (χ1n) is 6.12. The van der Waals surface area contributed by atoms with Crippen molar-refractivity contribution >= 4 is 41.0 Å². The molecule has 20 heavy (non-hydrogen) atoms. The molecule has 1 aromatic carbocycles. The molecule has 5 nitrogen and oxygen atoms in total. The van der Waals surface area contributed by atoms with E-state index in [0.29, 0.717) is 11.1 Å². The molecule has 0 aliphatic carbocycles. The summed E-state index contributed by atoms with van der Waals surface area (Å²) in [6, 6.07) is 4.98. The second kappa shape index (κ2) is 6.43. The summed E-state index contributed by atoms with van der Waals surface area (Å²) in [5, 5.41) is 12.1. The third kappa shape index (κ3) is 3.23. The Kier molecular flexibility index (Phi) is 4.85. The van der Waals surface area contributed by atoms with E-state index in [2.05, 4.69) is 10.3 Å². The zero-order valence-corrected chi connectivity index (χ0v) is 12.8. The zero-order valence-electron chi connectivity index (χ0n) is 11.2. The van der Waals surface area contributed by atoms with E-state index in [-0.39, 0.29) is 28.6 Å². The van der Waals surface area contributed by atoms with Crippen LogP contribution in [0.5, 0.6) is 0 Å². The summed E-state index contributed by atoms with van der Waals surface area (Å²) in [5.74, 6) is -0.200. The first kappa shape index (κ1) is 15.1. The molecule has 1 heterocycles. The number of carbonyl (C=O) groups excluding carboxylic acids is 1. The molecule has 0 unspecified atom stereocenters. The minimum Gasteiger partial charge on any atom is -0.429 e. The number of aromatic nitrogens is 1. The van der Waals surface area contributed by atoms with E-state index in [9.17, 15) is 9.90 Å². The molecule has 2 aromatic rings. The summed E-state index contributed by atoms with van der Waals surface area (Å²) in [6.45, 7) is 1.89. The molecule has 1 amide bonds. The fraction of sp³-hybridized carbons (Fsp3) is 0.385. The van der Waals surface area contributed by atoms with Crippen LogP contribution in [0.1, 0.15) is 17.3 Å². The number of aliphatic hydroxyl groups excluding tert-OH is 1. The van der Waals surface area contributed by atoms with E-state index in [1.165, 1.54) is 11.8 Å². The second-order valence-corrected chi connectivity index (χ2v) is 5.89. The minimum absolute atomic E-state index is 0.0219. The number of oxazole rings is 1. The van der Waals surface area contributed by atoms with Crippen LogP contribution in [0.4, 0.5) is 0 Å². The van der Waals surface area contributed by atoms with Crippen LogP contribution in [0.3, 0.4) is 0 Å². The number of carbonyl (C=O) groups is 1. The molecule has 0 aliphatic heterocycles. The fourth-order valence-electron chi connectivity index (χ4n) is 1.91. The van der Waals surface area contributed by atoms with Gasteiger partial charge < -0.3 is 19.8 Å². The van der Waals surface area contributed by atoms with Crippen LogP contribution in [0.15, 0.2) is 22.6 Å². The van der Waals surface area contributed by atoms with Gasteiger partial charge in [0.2, 0.25) is 0 Å². The lowest BCUT2D eigenvalue weighted by Crippen LogP contribution is -2.41. The van der Waals surface area contributed by atoms with Crippen LogP contribution in [0.2, 0.25) is 0 Å². The van der Waals surface area contributed by atoms with Gasteiger partial charge in [-0.2, -0.15) is 11.8 Å². The number of H-pyrrole nitrogens is 1. The van der Waals surface area contributed by atoms with Gasteiger partial charge in [0, 0.05) is 16.9 Å². The highest BCUT2D eigenvalue weighted by molar-refractivity contribution is 7.99. The number of thioether (sulfide) groups is 1. The molecular weight excluding hydrogens is 296 g/mol. The molecule has 2 atom stereocenters. The molecule has 0 bridgehead atoms. The molecule has 0 fully saturated rings. The molecule has 7 heteroatoms. The van der Waals surface area contributed by atoms with Crippen molar-refractivity contribution in [1.82, 2.24) is 10.3 Å². The van der Waals surface area contributed by atoms with Crippen molar-refractivity contribution < 1.29 is 14.3 Å². The lowest BCUT2D eigenvalue weighted by molar-refractivity contribution is 0.0936. The maximum atomic E-state index is 12.2. The van der Waals surface area contributed by atoms with Crippen molar-refractivity contribution in [2.75, 3.05) is 12.9 Å². The lowest BCUT2D eigenvalue weighted by atomic mass is 10.1. The standard InChI is InChI=1S/C13H16N2O3S2/c1-7(11(6-16)20-2)14-12(17)8-3-4-9-10(5-8)18-13(19)15-9/h3-5,7,11,16H,6H2,1-2H3,(H,14,17)(H,15,19)/t7-,11-/m0/s1. The number of aromatic amines is 1. The smallest absolute Gasteiger partial charge is 0.266 e. The van der Waals surface area contributed by atoms with E-state index in [4.69, 9.17) is 16.6 Å². The highest BCUT2D eigenvalue weighted by atomic mass is 32.2. The Hall–Kier alpha value is -1.31. The quantitative estimate of drug-likeness (QED) is 0.739. The van der Waals surface area contributed by atoms with E-state index in [1.54, 1.807) is 18.2 Å². The van der Waals surface area contributed by atoms with Crippen molar-refractivity contribution in [1.29, 1.82) is 0 Å². The van der Waals surface area contributed by atoms with Gasteiger partial charge in [0.05, 0.1) is 12.1 Å². The van der Waals surface area contributed by atoms with Crippen molar-refractivity contribution in [3.63, 3.8) is 0 Å². The Bertz CT molecular complexity index is 661. The third-order valence-electron chi connectivity index (χ3n) is 3.08. The molecule has 3 N–H and O–H groups in total. The number of rotatable bonds is 5. The minimum atomic E-state index is -0.200. The Labute approximate surface area is 125 Å². The predicted octanol–water partition coefficient (Wildman–Crippen LogP) is 2.33. The van der Waals surface area contributed by atoms with Gasteiger partial charge in [-0.05, 0) is 43.6 Å². The van der Waals surface area contributed by atoms with Gasteiger partial charge in [0.1, 0.15) is 0 Å². The van der Waals surface area contributed by atoms with Gasteiger partial charge in [0.15, 0.2) is 5.58 Å². The van der Waals surface area contributed by atoms with E-state index in [1.807, 2.05) is 13.2 Å². The monoisotopic (exact) mass is 312 g/mol. The zero-order chi connectivity index (χ0) is 14.7. The molecule has 1 aromatic heterocycles. The maximum absolute atomic E-state index is 12.2. The van der Waals surface area contributed by atoms with E-state index in [0.717, 1.165) is 5.52 Å². The number of hydrogen-bond donors (Lipinski definition) is 3. The SMILES string of the molecule is CS[C@@H](CO)[C@H](C)NC(=O)c1ccc2[nH]c(=S)oc2c1. The summed E-state index contributed by atoms with van der Waals surface area (Å²) >= 11 is 6.42. The summed E-state index contributed by atoms with van der Waals surface area (Å²) in [5.41, 5.74) is 1.82. The van der Waals surface area contributed by atoms with Crippen LogP contribution < -0.4 is 5.32 Å². The van der Waals surface area contributed by atoms with Crippen molar-refractivity contribution in [2.45, 2.75) is 18.2 Å². The number of amides is 1. The van der Waals surface area contributed by atoms with E-state index >= 15 is 0 Å². The van der Waals surface area contributed by atoms with Gasteiger partial charge in [0.25, 0.3) is 10.7 Å². The van der Waals surface area contributed by atoms with Gasteiger partial charge in [-0.3, -0.25) is 4.79 Å². The molecule has 0 saturated carbocycles. The Morgan fingerprint density at radius 3 is 3.00 bits per heavy atom. The third-order valence-corrected chi connectivity index (χ3v) is 4.43. The summed E-state index contributed by atoms with van der Waals surface area (Å²) in [7, 11) is 0. The van der Waals surface area contributed by atoms with Crippen LogP contribution in [-0.2, 0) is 0 Å². The molecular formula is C13H16N2O3S2. The van der Waals surface area contributed by atoms with Crippen LogP contribution >= 0.6 is 24.0 Å². The van der Waals surface area contributed by atoms with Crippen LogP contribution in [-0.4, -0.2) is 40.2 Å². The highest BCUT2D eigenvalue weighted by Crippen LogP contribution is 2.16. The van der Waals surface area contributed by atoms with Crippen molar-refractivity contribution in [2.24, 2.45) is 0 Å². The lowest BCUT2D eigenvalue weighted by Gasteiger charge is -2.21. The molecule has 0 aliphatic rings. The number of hydrogen-bond acceptors (Lipinski definition) is 5. The van der Waals surface area contributed by atoms with Crippen LogP contribution in [0.25, 0.3) is 11.1 Å². The fourth-order valence-corrected chi connectivity index (χ4v) is 2.73. The molecule has 2 rings (SSSR count). The first-order chi connectivity index (χ1) is 9.55. The largest absolute Gasteiger partial charge is 0.429 e. The molecule has 0 spiro atoms. The summed E-state index contributed by atoms with van der Waals surface area (Å²) < 4.78 is 5.29. The van der Waals surface area contributed by atoms with Crippen molar-refractivity contribution in [3.8, 4) is 0 Å². The first-order valence-corrected chi connectivity index (χ1v) is 7.82. The van der Waals surface area contributed by atoms with Gasteiger partial charge in [-0.1, -0.05) is 0 Å². The topological polar surface area (TPSA) is 78.3 Å². The Morgan fingerprint density at radius 1 is 1.60 bits per heavy atom. The Morgan fingerprint density at radius 2 is 2.35 bits per heavy atom. The molecule has 108 valence electrons. The predicted molar refractivity (Wildman–Crippen MR) is 82.7 cm³/mol. The highest BCUT2D eigenvalue weighted by Gasteiger charge is 2.18. The normalized spacial score (nSPS) is 14.2. The second-order valence-electron chi connectivity index (χ2n) is 4.44. The number of aliphatic hydroxyl groups is 1. The van der Waals surface area contributed by atoms with Crippen LogP contribution in [0, 0.1) is 4.84 Å². The number of fused-ring (bicyclic) bond motifs is 1. The number of nitrogens with one attached hydrogen (secondary N) is 2. The average molecular weight is 312 g/mol. The average Bonchev–Trinajstić information content (AvgIpc) is 2.78. The van der Waals surface area contributed by atoms with Crippen molar-refractivity contribution in [3.05, 3.63) is 28.6 Å². The maximum Gasteiger partial charge on any atom is 0.266 e. The Balaban J connectivity index is 2.16. The molecule has 0 radical (unpaired) electrons. The summed E-state index contributed by atoms with van der Waals surface area (Å²) in [4.78, 5) is 15.3. The van der Waals surface area contributed by atoms with Gasteiger partial charge in [-0.25, -0.2) is 0 Å². The number of benzene rings is 1. The summed E-state index contributed by atoms with van der Waals surface area (Å²) in [6.07, 6.45) is 1.90. The molecule has 0 saturated heterocycles.